The zero-order valence-corrected chi connectivity index (χ0v) is 15.4. The Balaban J connectivity index is 1.52. The van der Waals surface area contributed by atoms with E-state index < -0.39 is 11.7 Å². The van der Waals surface area contributed by atoms with Gasteiger partial charge < -0.3 is 9.80 Å². The Kier molecular flexibility index (Phi) is 4.68. The van der Waals surface area contributed by atoms with Crippen LogP contribution >= 0.6 is 0 Å². The minimum atomic E-state index is -0.437. The number of carbonyl (C=O) groups is 2. The van der Waals surface area contributed by atoms with Crippen molar-refractivity contribution in [2.75, 3.05) is 18.5 Å². The number of carbonyl (C=O) groups excluding carboxylic acids is 2. The minimum absolute atomic E-state index is 0.0381. The second-order valence-corrected chi connectivity index (χ2v) is 7.41. The first-order valence-corrected chi connectivity index (χ1v) is 9.45. The van der Waals surface area contributed by atoms with E-state index in [1.54, 1.807) is 23.1 Å². The molecule has 5 heteroatoms. The Morgan fingerprint density at radius 3 is 2.70 bits per heavy atom. The number of aryl methyl sites for hydroxylation is 1. The quantitative estimate of drug-likeness (QED) is 0.831. The van der Waals surface area contributed by atoms with Crippen LogP contribution in [0.2, 0.25) is 0 Å². The van der Waals surface area contributed by atoms with Gasteiger partial charge in [0.05, 0.1) is 17.6 Å². The van der Waals surface area contributed by atoms with Gasteiger partial charge in [-0.3, -0.25) is 9.59 Å². The molecule has 4 nitrogen and oxygen atoms in total. The third kappa shape index (κ3) is 3.22. The number of para-hydroxylation sites is 1. The molecule has 140 valence electrons. The lowest BCUT2D eigenvalue weighted by Gasteiger charge is -2.34. The van der Waals surface area contributed by atoms with Crippen molar-refractivity contribution in [3.8, 4) is 0 Å². The van der Waals surface area contributed by atoms with Crippen LogP contribution in [0.4, 0.5) is 10.1 Å². The zero-order chi connectivity index (χ0) is 19.0. The van der Waals surface area contributed by atoms with Gasteiger partial charge in [-0.05, 0) is 42.5 Å². The maximum Gasteiger partial charge on any atom is 0.228 e. The van der Waals surface area contributed by atoms with Crippen LogP contribution in [0.25, 0.3) is 0 Å². The fraction of sp³-hybridized carbons (Fsp3) is 0.364. The topological polar surface area (TPSA) is 40.6 Å². The number of hydrogen-bond acceptors (Lipinski definition) is 2. The summed E-state index contributed by atoms with van der Waals surface area (Å²) in [4.78, 5) is 28.7. The highest BCUT2D eigenvalue weighted by Crippen LogP contribution is 2.35. The van der Waals surface area contributed by atoms with Crippen molar-refractivity contribution in [3.05, 3.63) is 65.5 Å². The first-order valence-electron chi connectivity index (χ1n) is 9.45. The Hall–Kier alpha value is -2.69. The summed E-state index contributed by atoms with van der Waals surface area (Å²) in [6.07, 6.45) is 3.14. The molecule has 0 radical (unpaired) electrons. The van der Waals surface area contributed by atoms with Crippen LogP contribution in [0.15, 0.2) is 48.5 Å². The molecule has 1 aliphatic carbocycles. The normalized spacial score (nSPS) is 21.9. The van der Waals surface area contributed by atoms with E-state index in [2.05, 4.69) is 12.1 Å². The van der Waals surface area contributed by atoms with Gasteiger partial charge in [0.1, 0.15) is 5.82 Å². The second-order valence-electron chi connectivity index (χ2n) is 7.41. The Morgan fingerprint density at radius 1 is 1.15 bits per heavy atom. The highest BCUT2D eigenvalue weighted by Gasteiger charge is 2.39. The monoisotopic (exact) mass is 366 g/mol. The van der Waals surface area contributed by atoms with Gasteiger partial charge in [-0.2, -0.15) is 0 Å². The number of anilines is 1. The number of amides is 2. The molecule has 2 aromatic rings. The molecule has 1 heterocycles. The van der Waals surface area contributed by atoms with E-state index in [-0.39, 0.29) is 36.5 Å². The van der Waals surface area contributed by atoms with Crippen molar-refractivity contribution in [1.29, 1.82) is 0 Å². The lowest BCUT2D eigenvalue weighted by molar-refractivity contribution is -0.137. The molecular weight excluding hydrogens is 343 g/mol. The maximum absolute atomic E-state index is 14.1. The third-order valence-electron chi connectivity index (χ3n) is 5.77. The Bertz CT molecular complexity index is 882. The van der Waals surface area contributed by atoms with Gasteiger partial charge in [-0.15, -0.1) is 0 Å². The van der Waals surface area contributed by atoms with Crippen molar-refractivity contribution >= 4 is 17.5 Å². The molecule has 0 unspecified atom stereocenters. The van der Waals surface area contributed by atoms with E-state index in [1.165, 1.54) is 22.1 Å². The number of rotatable bonds is 3. The van der Waals surface area contributed by atoms with Crippen LogP contribution in [0.1, 0.15) is 36.4 Å². The fourth-order valence-electron chi connectivity index (χ4n) is 4.35. The van der Waals surface area contributed by atoms with Gasteiger partial charge in [0.25, 0.3) is 0 Å². The van der Waals surface area contributed by atoms with E-state index in [0.717, 1.165) is 19.3 Å². The van der Waals surface area contributed by atoms with Gasteiger partial charge >= 0.3 is 0 Å². The molecule has 27 heavy (non-hydrogen) atoms. The summed E-state index contributed by atoms with van der Waals surface area (Å²) in [5, 5.41) is 0. The van der Waals surface area contributed by atoms with Crippen LogP contribution in [-0.4, -0.2) is 30.3 Å². The molecule has 2 atom stereocenters. The summed E-state index contributed by atoms with van der Waals surface area (Å²) in [6, 6.07) is 14.5. The standard InChI is InChI=1S/C22H23FN2O2/c1-24(19-12-6-8-15-7-2-3-9-17(15)19)22(27)16-13-21(26)25(14-16)20-11-5-4-10-18(20)23/h2-5,7,9-11,16,19H,6,8,12-14H2,1H3/t16-,19-/m1/s1. The van der Waals surface area contributed by atoms with E-state index in [1.807, 2.05) is 19.2 Å². The van der Waals surface area contributed by atoms with Gasteiger partial charge in [0, 0.05) is 20.0 Å². The maximum atomic E-state index is 14.1. The number of nitrogens with zero attached hydrogens (tertiary/aromatic N) is 2. The number of halogens is 1. The van der Waals surface area contributed by atoms with Crippen molar-refractivity contribution in [2.24, 2.45) is 5.92 Å². The molecule has 0 N–H and O–H groups in total. The molecule has 0 aromatic heterocycles. The second kappa shape index (κ2) is 7.14. The molecule has 2 aromatic carbocycles. The Labute approximate surface area is 158 Å². The number of benzene rings is 2. The summed E-state index contributed by atoms with van der Waals surface area (Å²) in [7, 11) is 1.82. The fourth-order valence-corrected chi connectivity index (χ4v) is 4.35. The average Bonchev–Trinajstić information content (AvgIpc) is 3.08. The van der Waals surface area contributed by atoms with Gasteiger partial charge in [-0.25, -0.2) is 4.39 Å². The molecule has 0 bridgehead atoms. The van der Waals surface area contributed by atoms with Gasteiger partial charge in [0.2, 0.25) is 11.8 Å². The predicted molar refractivity (Wildman–Crippen MR) is 102 cm³/mol. The summed E-state index contributed by atoms with van der Waals surface area (Å²) in [5.41, 5.74) is 2.75. The van der Waals surface area contributed by atoms with Crippen LogP contribution in [0.5, 0.6) is 0 Å². The summed E-state index contributed by atoms with van der Waals surface area (Å²) >= 11 is 0. The smallest absolute Gasteiger partial charge is 0.228 e. The van der Waals surface area contributed by atoms with Crippen molar-refractivity contribution < 1.29 is 14.0 Å². The Morgan fingerprint density at radius 2 is 1.89 bits per heavy atom. The molecular formula is C22H23FN2O2. The first-order chi connectivity index (χ1) is 13.1. The molecule has 1 fully saturated rings. The van der Waals surface area contributed by atoms with Gasteiger partial charge in [-0.1, -0.05) is 36.4 Å². The molecule has 2 amide bonds. The summed E-state index contributed by atoms with van der Waals surface area (Å²) in [6.45, 7) is 0.233. The number of hydrogen-bond donors (Lipinski definition) is 0. The van der Waals surface area contributed by atoms with Crippen LogP contribution in [0.3, 0.4) is 0 Å². The van der Waals surface area contributed by atoms with E-state index in [9.17, 15) is 14.0 Å². The van der Waals surface area contributed by atoms with E-state index in [0.29, 0.717) is 0 Å². The predicted octanol–water partition coefficient (Wildman–Crippen LogP) is 3.71. The van der Waals surface area contributed by atoms with E-state index >= 15 is 0 Å². The molecule has 1 saturated heterocycles. The minimum Gasteiger partial charge on any atom is -0.338 e. The van der Waals surface area contributed by atoms with Gasteiger partial charge in [0.15, 0.2) is 0 Å². The highest BCUT2D eigenvalue weighted by molar-refractivity contribution is 6.00. The molecule has 4 rings (SSSR count). The summed E-state index contributed by atoms with van der Waals surface area (Å²) in [5.74, 6) is -1.11. The molecule has 1 aliphatic heterocycles. The lowest BCUT2D eigenvalue weighted by atomic mass is 9.86. The van der Waals surface area contributed by atoms with Crippen LogP contribution < -0.4 is 4.90 Å². The highest BCUT2D eigenvalue weighted by atomic mass is 19.1. The van der Waals surface area contributed by atoms with Crippen molar-refractivity contribution in [3.63, 3.8) is 0 Å². The zero-order valence-electron chi connectivity index (χ0n) is 15.4. The molecule has 0 saturated carbocycles. The number of fused-ring (bicyclic) bond motifs is 1. The molecule has 2 aliphatic rings. The van der Waals surface area contributed by atoms with Crippen LogP contribution in [0, 0.1) is 11.7 Å². The average molecular weight is 366 g/mol. The SMILES string of the molecule is CN(C(=O)[C@@H]1CC(=O)N(c2ccccc2F)C1)[C@@H]1CCCc2ccccc21. The van der Waals surface area contributed by atoms with Crippen molar-refractivity contribution in [1.82, 2.24) is 4.90 Å². The molecule has 0 spiro atoms. The van der Waals surface area contributed by atoms with E-state index in [4.69, 9.17) is 0 Å². The lowest BCUT2D eigenvalue weighted by Crippen LogP contribution is -2.38. The van der Waals surface area contributed by atoms with Crippen molar-refractivity contribution in [2.45, 2.75) is 31.7 Å². The largest absolute Gasteiger partial charge is 0.338 e. The summed E-state index contributed by atoms with van der Waals surface area (Å²) < 4.78 is 14.1. The van der Waals surface area contributed by atoms with Crippen LogP contribution in [-0.2, 0) is 16.0 Å². The third-order valence-corrected chi connectivity index (χ3v) is 5.77. The first kappa shape index (κ1) is 17.7.